The van der Waals surface area contributed by atoms with E-state index in [2.05, 4.69) is 46.0 Å². The standard InChI is InChI=1S/C16H14FN11O2S/c1-27-8-20-23-16(27)31-7-11-12(21-26-28(11)14-13(18)24-30-25-14)15(29)22-19-6-9-3-2-4-10(17)5-9/h2-6,8H,7H2,1H3,(H2,18,24)(H,22,29)/b19-6-. The first-order chi connectivity index (χ1) is 15.0. The number of nitrogens with two attached hydrogens (primary N) is 1. The lowest BCUT2D eigenvalue weighted by molar-refractivity contribution is 0.0949. The van der Waals surface area contributed by atoms with Gasteiger partial charge in [-0.25, -0.2) is 14.4 Å². The van der Waals surface area contributed by atoms with E-state index >= 15 is 0 Å². The monoisotopic (exact) mass is 443 g/mol. The smallest absolute Gasteiger partial charge is 0.293 e. The summed E-state index contributed by atoms with van der Waals surface area (Å²) in [5.74, 6) is -0.765. The minimum absolute atomic E-state index is 0.0199. The number of benzene rings is 1. The molecule has 15 heteroatoms. The van der Waals surface area contributed by atoms with Crippen molar-refractivity contribution in [1.29, 1.82) is 0 Å². The highest BCUT2D eigenvalue weighted by atomic mass is 32.2. The number of hydrazone groups is 1. The van der Waals surface area contributed by atoms with Crippen molar-refractivity contribution in [2.24, 2.45) is 12.1 Å². The van der Waals surface area contributed by atoms with Crippen LogP contribution in [0.2, 0.25) is 0 Å². The van der Waals surface area contributed by atoms with Crippen molar-refractivity contribution in [3.63, 3.8) is 0 Å². The molecule has 0 bridgehead atoms. The number of amides is 1. The van der Waals surface area contributed by atoms with Crippen LogP contribution >= 0.6 is 11.8 Å². The number of carbonyl (C=O) groups is 1. The Morgan fingerprint density at radius 1 is 1.39 bits per heavy atom. The van der Waals surface area contributed by atoms with Crippen LogP contribution in [0.5, 0.6) is 0 Å². The van der Waals surface area contributed by atoms with Crippen LogP contribution in [-0.2, 0) is 12.8 Å². The van der Waals surface area contributed by atoms with Crippen molar-refractivity contribution >= 4 is 29.7 Å². The van der Waals surface area contributed by atoms with Gasteiger partial charge >= 0.3 is 0 Å². The molecule has 0 saturated heterocycles. The van der Waals surface area contributed by atoms with Crippen molar-refractivity contribution in [3.8, 4) is 5.82 Å². The Labute approximate surface area is 177 Å². The molecule has 158 valence electrons. The molecule has 3 heterocycles. The maximum atomic E-state index is 13.3. The largest absolute Gasteiger partial charge is 0.378 e. The van der Waals surface area contributed by atoms with E-state index in [1.54, 1.807) is 24.0 Å². The molecule has 0 spiro atoms. The summed E-state index contributed by atoms with van der Waals surface area (Å²) in [4.78, 5) is 12.7. The highest BCUT2D eigenvalue weighted by molar-refractivity contribution is 7.98. The SMILES string of the molecule is Cn1cnnc1SCc1c(C(=O)N/N=C\c2cccc(F)c2)nnn1-c1nonc1N. The zero-order chi connectivity index (χ0) is 21.8. The van der Waals surface area contributed by atoms with Gasteiger partial charge in [-0.05, 0) is 28.0 Å². The van der Waals surface area contributed by atoms with Gasteiger partial charge in [0.15, 0.2) is 10.9 Å². The van der Waals surface area contributed by atoms with Crippen LogP contribution in [0, 0.1) is 5.82 Å². The molecule has 13 nitrogen and oxygen atoms in total. The number of nitrogens with zero attached hydrogens (tertiary/aromatic N) is 9. The number of nitrogens with one attached hydrogen (secondary N) is 1. The van der Waals surface area contributed by atoms with Gasteiger partial charge in [0.1, 0.15) is 12.1 Å². The van der Waals surface area contributed by atoms with Crippen molar-refractivity contribution in [2.75, 3.05) is 5.73 Å². The van der Waals surface area contributed by atoms with Gasteiger partial charge in [-0.15, -0.1) is 15.3 Å². The van der Waals surface area contributed by atoms with Crippen molar-refractivity contribution in [1.82, 2.24) is 45.5 Å². The Bertz CT molecular complexity index is 1250. The van der Waals surface area contributed by atoms with Crippen LogP contribution in [0.3, 0.4) is 0 Å². The summed E-state index contributed by atoms with van der Waals surface area (Å²) in [5, 5.41) is 27.3. The van der Waals surface area contributed by atoms with Crippen molar-refractivity contribution in [3.05, 3.63) is 53.4 Å². The number of carbonyl (C=O) groups excluding carboxylic acids is 1. The number of halogens is 1. The number of aryl methyl sites for hydroxylation is 1. The highest BCUT2D eigenvalue weighted by Gasteiger charge is 2.24. The maximum Gasteiger partial charge on any atom is 0.293 e. The molecule has 0 fully saturated rings. The first kappa shape index (κ1) is 20.1. The molecular formula is C16H14FN11O2S. The highest BCUT2D eigenvalue weighted by Crippen LogP contribution is 2.24. The third-order valence-electron chi connectivity index (χ3n) is 3.91. The van der Waals surface area contributed by atoms with Crippen LogP contribution < -0.4 is 11.2 Å². The summed E-state index contributed by atoms with van der Waals surface area (Å²) in [6.45, 7) is 0. The number of rotatable bonds is 7. The third-order valence-corrected chi connectivity index (χ3v) is 4.96. The van der Waals surface area contributed by atoms with Crippen LogP contribution in [-0.4, -0.2) is 52.2 Å². The van der Waals surface area contributed by atoms with Gasteiger partial charge in [-0.2, -0.15) is 9.78 Å². The van der Waals surface area contributed by atoms with Crippen molar-refractivity contribution in [2.45, 2.75) is 10.9 Å². The normalized spacial score (nSPS) is 11.3. The number of nitrogen functional groups attached to an aromatic ring is 1. The molecule has 3 aromatic heterocycles. The first-order valence-corrected chi connectivity index (χ1v) is 9.60. The van der Waals surface area contributed by atoms with Crippen LogP contribution in [0.4, 0.5) is 10.2 Å². The molecule has 31 heavy (non-hydrogen) atoms. The molecule has 3 N–H and O–H groups in total. The maximum absolute atomic E-state index is 13.3. The minimum Gasteiger partial charge on any atom is -0.378 e. The first-order valence-electron chi connectivity index (χ1n) is 8.61. The predicted molar refractivity (Wildman–Crippen MR) is 106 cm³/mol. The number of hydrogen-bond acceptors (Lipinski definition) is 11. The molecule has 0 radical (unpaired) electrons. The molecule has 4 rings (SSSR count). The Morgan fingerprint density at radius 2 is 2.26 bits per heavy atom. The van der Waals surface area contributed by atoms with E-state index in [9.17, 15) is 9.18 Å². The molecule has 1 amide bonds. The lowest BCUT2D eigenvalue weighted by Crippen LogP contribution is -2.20. The Morgan fingerprint density at radius 3 is 2.97 bits per heavy atom. The van der Waals surface area contributed by atoms with E-state index < -0.39 is 11.7 Å². The second-order valence-corrected chi connectivity index (χ2v) is 6.98. The summed E-state index contributed by atoms with van der Waals surface area (Å²) in [5.41, 5.74) is 8.91. The van der Waals surface area contributed by atoms with Gasteiger partial charge in [0.05, 0.1) is 11.9 Å². The lowest BCUT2D eigenvalue weighted by atomic mass is 10.2. The van der Waals surface area contributed by atoms with E-state index in [4.69, 9.17) is 5.73 Å². The van der Waals surface area contributed by atoms with Gasteiger partial charge < -0.3 is 10.3 Å². The van der Waals surface area contributed by atoms with Gasteiger partial charge in [0.25, 0.3) is 5.91 Å². The quantitative estimate of drug-likeness (QED) is 0.234. The summed E-state index contributed by atoms with van der Waals surface area (Å²) < 4.78 is 20.8. The van der Waals surface area contributed by atoms with Crippen molar-refractivity contribution < 1.29 is 13.8 Å². The summed E-state index contributed by atoms with van der Waals surface area (Å²) in [6, 6.07) is 5.75. The fourth-order valence-corrected chi connectivity index (χ4v) is 3.34. The molecule has 0 aliphatic carbocycles. The van der Waals surface area contributed by atoms with Gasteiger partial charge in [-0.1, -0.05) is 29.1 Å². The number of aromatic nitrogens is 8. The zero-order valence-electron chi connectivity index (χ0n) is 15.9. The van der Waals surface area contributed by atoms with Gasteiger partial charge in [0, 0.05) is 12.8 Å². The number of thioether (sulfide) groups is 1. The third kappa shape index (κ3) is 4.40. The predicted octanol–water partition coefficient (Wildman–Crippen LogP) is 0.556. The second-order valence-electron chi connectivity index (χ2n) is 6.04. The Balaban J connectivity index is 1.58. The van der Waals surface area contributed by atoms with E-state index in [1.807, 2.05) is 0 Å². The van der Waals surface area contributed by atoms with Gasteiger partial charge in [-0.3, -0.25) is 4.79 Å². The fourth-order valence-electron chi connectivity index (χ4n) is 2.46. The topological polar surface area (TPSA) is 168 Å². The van der Waals surface area contributed by atoms with Crippen LogP contribution in [0.15, 0.2) is 45.5 Å². The molecule has 0 atom stereocenters. The molecular weight excluding hydrogens is 429 g/mol. The Hall–Kier alpha value is -4.14. The molecule has 0 saturated carbocycles. The lowest BCUT2D eigenvalue weighted by Gasteiger charge is -2.05. The average molecular weight is 443 g/mol. The van der Waals surface area contributed by atoms with E-state index in [0.717, 1.165) is 0 Å². The van der Waals surface area contributed by atoms with E-state index in [-0.39, 0.29) is 23.1 Å². The molecule has 0 unspecified atom stereocenters. The Kier molecular flexibility index (Phi) is 5.65. The average Bonchev–Trinajstić information content (AvgIpc) is 3.46. The molecule has 0 aliphatic heterocycles. The van der Waals surface area contributed by atoms with Crippen LogP contribution in [0.25, 0.3) is 5.82 Å². The fraction of sp³-hybridized carbons (Fsp3) is 0.125. The van der Waals surface area contributed by atoms with Crippen LogP contribution in [0.1, 0.15) is 21.7 Å². The molecule has 0 aliphatic rings. The number of anilines is 1. The minimum atomic E-state index is -0.637. The molecule has 4 aromatic rings. The number of hydrogen-bond donors (Lipinski definition) is 2. The summed E-state index contributed by atoms with van der Waals surface area (Å²) >= 11 is 1.29. The van der Waals surface area contributed by atoms with E-state index in [1.165, 1.54) is 40.9 Å². The zero-order valence-corrected chi connectivity index (χ0v) is 16.7. The molecule has 1 aromatic carbocycles. The van der Waals surface area contributed by atoms with E-state index in [0.29, 0.717) is 16.4 Å². The summed E-state index contributed by atoms with van der Waals surface area (Å²) in [6.07, 6.45) is 2.85. The summed E-state index contributed by atoms with van der Waals surface area (Å²) in [7, 11) is 1.78. The second kappa shape index (κ2) is 8.70. The van der Waals surface area contributed by atoms with Gasteiger partial charge in [0.2, 0.25) is 11.6 Å².